The Balaban J connectivity index is 2.09. The molecule has 0 spiro atoms. The van der Waals surface area contributed by atoms with Crippen LogP contribution >= 0.6 is 0 Å². The highest BCUT2D eigenvalue weighted by atomic mass is 16.1. The van der Waals surface area contributed by atoms with Crippen LogP contribution < -0.4 is 10.6 Å². The van der Waals surface area contributed by atoms with Gasteiger partial charge < -0.3 is 10.6 Å². The normalized spacial score (nSPS) is 10.2. The maximum Gasteiger partial charge on any atom is 0.256 e. The van der Waals surface area contributed by atoms with E-state index in [-0.39, 0.29) is 5.91 Å². The Bertz CT molecular complexity index is 549. The number of aryl methyl sites for hydroxylation is 1. The van der Waals surface area contributed by atoms with Crippen LogP contribution in [0.1, 0.15) is 29.3 Å². The maximum absolute atomic E-state index is 12.1. The molecule has 19 heavy (non-hydrogen) atoms. The Morgan fingerprint density at radius 1 is 1.37 bits per heavy atom. The average Bonchev–Trinajstić information content (AvgIpc) is 2.89. The van der Waals surface area contributed by atoms with E-state index in [9.17, 15) is 4.79 Å². The second-order valence-corrected chi connectivity index (χ2v) is 4.40. The third-order valence-electron chi connectivity index (χ3n) is 2.81. The number of aromatic amines is 1. The van der Waals surface area contributed by atoms with Crippen molar-refractivity contribution in [3.8, 4) is 0 Å². The molecule has 100 valence electrons. The first kappa shape index (κ1) is 13.1. The molecule has 0 aliphatic carbocycles. The van der Waals surface area contributed by atoms with Gasteiger partial charge in [-0.1, -0.05) is 6.92 Å². The molecule has 0 aliphatic heterocycles. The summed E-state index contributed by atoms with van der Waals surface area (Å²) in [4.78, 5) is 12.1. The minimum Gasteiger partial charge on any atom is -0.385 e. The van der Waals surface area contributed by atoms with Crippen LogP contribution in [0.4, 0.5) is 11.4 Å². The van der Waals surface area contributed by atoms with Gasteiger partial charge in [0, 0.05) is 24.0 Å². The standard InChI is InChI=1S/C14H18N4O/c1-3-6-15-11-4-5-13(10(2)7-11)14(19)18-12-8-16-17-9-12/h4-5,7-9,15H,3,6H2,1-2H3,(H,16,17)(H,18,19). The Morgan fingerprint density at radius 2 is 2.21 bits per heavy atom. The van der Waals surface area contributed by atoms with E-state index in [0.29, 0.717) is 11.3 Å². The minimum absolute atomic E-state index is 0.124. The minimum atomic E-state index is -0.124. The smallest absolute Gasteiger partial charge is 0.256 e. The lowest BCUT2D eigenvalue weighted by Crippen LogP contribution is -2.13. The molecule has 1 aromatic heterocycles. The van der Waals surface area contributed by atoms with E-state index in [4.69, 9.17) is 0 Å². The molecule has 3 N–H and O–H groups in total. The van der Waals surface area contributed by atoms with Crippen LogP contribution in [0.15, 0.2) is 30.6 Å². The first-order valence-electron chi connectivity index (χ1n) is 6.35. The Kier molecular flexibility index (Phi) is 4.18. The van der Waals surface area contributed by atoms with Crippen molar-refractivity contribution in [1.29, 1.82) is 0 Å². The van der Waals surface area contributed by atoms with E-state index in [0.717, 1.165) is 24.2 Å². The molecule has 0 atom stereocenters. The summed E-state index contributed by atoms with van der Waals surface area (Å²) < 4.78 is 0. The van der Waals surface area contributed by atoms with Gasteiger partial charge in [0.25, 0.3) is 5.91 Å². The van der Waals surface area contributed by atoms with Crippen LogP contribution in [0.3, 0.4) is 0 Å². The second kappa shape index (κ2) is 6.04. The van der Waals surface area contributed by atoms with Crippen molar-refractivity contribution in [2.24, 2.45) is 0 Å². The van der Waals surface area contributed by atoms with Crippen LogP contribution in [-0.2, 0) is 0 Å². The molecule has 0 saturated heterocycles. The highest BCUT2D eigenvalue weighted by Gasteiger charge is 2.10. The van der Waals surface area contributed by atoms with E-state index >= 15 is 0 Å². The van der Waals surface area contributed by atoms with Crippen molar-refractivity contribution < 1.29 is 4.79 Å². The highest BCUT2D eigenvalue weighted by molar-refractivity contribution is 6.05. The molecule has 1 aromatic carbocycles. The molecule has 0 radical (unpaired) electrons. The van der Waals surface area contributed by atoms with Crippen molar-refractivity contribution in [2.75, 3.05) is 17.2 Å². The summed E-state index contributed by atoms with van der Waals surface area (Å²) in [5.41, 5.74) is 3.32. The number of carbonyl (C=O) groups is 1. The number of H-pyrrole nitrogens is 1. The summed E-state index contributed by atoms with van der Waals surface area (Å²) in [6.07, 6.45) is 4.29. The molecule has 0 bridgehead atoms. The molecule has 5 nitrogen and oxygen atoms in total. The zero-order chi connectivity index (χ0) is 13.7. The Labute approximate surface area is 112 Å². The molecule has 0 fully saturated rings. The number of amides is 1. The number of benzene rings is 1. The largest absolute Gasteiger partial charge is 0.385 e. The van der Waals surface area contributed by atoms with Gasteiger partial charge in [0.1, 0.15) is 0 Å². The van der Waals surface area contributed by atoms with E-state index < -0.39 is 0 Å². The van der Waals surface area contributed by atoms with Crippen LogP contribution in [-0.4, -0.2) is 22.6 Å². The molecule has 1 heterocycles. The molecule has 0 unspecified atom stereocenters. The fraction of sp³-hybridized carbons (Fsp3) is 0.286. The van der Waals surface area contributed by atoms with Gasteiger partial charge in [0.2, 0.25) is 0 Å². The predicted molar refractivity (Wildman–Crippen MR) is 76.5 cm³/mol. The van der Waals surface area contributed by atoms with E-state index in [1.807, 2.05) is 25.1 Å². The summed E-state index contributed by atoms with van der Waals surface area (Å²) in [5.74, 6) is -0.124. The summed E-state index contributed by atoms with van der Waals surface area (Å²) in [7, 11) is 0. The number of rotatable bonds is 5. The zero-order valence-corrected chi connectivity index (χ0v) is 11.2. The fourth-order valence-corrected chi connectivity index (χ4v) is 1.82. The van der Waals surface area contributed by atoms with Gasteiger partial charge in [-0.25, -0.2) is 0 Å². The van der Waals surface area contributed by atoms with Gasteiger partial charge in [-0.15, -0.1) is 0 Å². The van der Waals surface area contributed by atoms with Crippen LogP contribution in [0.5, 0.6) is 0 Å². The lowest BCUT2D eigenvalue weighted by atomic mass is 10.1. The van der Waals surface area contributed by atoms with Gasteiger partial charge in [0.05, 0.1) is 11.9 Å². The van der Waals surface area contributed by atoms with Crippen LogP contribution in [0.2, 0.25) is 0 Å². The van der Waals surface area contributed by atoms with Gasteiger partial charge in [-0.2, -0.15) is 5.10 Å². The van der Waals surface area contributed by atoms with Crippen molar-refractivity contribution in [3.05, 3.63) is 41.7 Å². The summed E-state index contributed by atoms with van der Waals surface area (Å²) in [6.45, 7) is 4.98. The van der Waals surface area contributed by atoms with Gasteiger partial charge in [0.15, 0.2) is 0 Å². The zero-order valence-electron chi connectivity index (χ0n) is 11.2. The van der Waals surface area contributed by atoms with Crippen molar-refractivity contribution in [1.82, 2.24) is 10.2 Å². The fourth-order valence-electron chi connectivity index (χ4n) is 1.82. The summed E-state index contributed by atoms with van der Waals surface area (Å²) in [5, 5.41) is 12.5. The Hall–Kier alpha value is -2.30. The van der Waals surface area contributed by atoms with E-state index in [1.54, 1.807) is 12.4 Å². The topological polar surface area (TPSA) is 69.8 Å². The third-order valence-corrected chi connectivity index (χ3v) is 2.81. The quantitative estimate of drug-likeness (QED) is 0.772. The lowest BCUT2D eigenvalue weighted by molar-refractivity contribution is 0.102. The molecule has 2 aromatic rings. The van der Waals surface area contributed by atoms with Crippen molar-refractivity contribution in [2.45, 2.75) is 20.3 Å². The molecule has 0 aliphatic rings. The maximum atomic E-state index is 12.1. The first-order valence-corrected chi connectivity index (χ1v) is 6.35. The monoisotopic (exact) mass is 258 g/mol. The average molecular weight is 258 g/mol. The number of hydrogen-bond acceptors (Lipinski definition) is 3. The third kappa shape index (κ3) is 3.34. The molecule has 0 saturated carbocycles. The van der Waals surface area contributed by atoms with Gasteiger partial charge in [-0.3, -0.25) is 9.89 Å². The van der Waals surface area contributed by atoms with Crippen LogP contribution in [0, 0.1) is 6.92 Å². The molecule has 5 heteroatoms. The number of nitrogens with zero attached hydrogens (tertiary/aromatic N) is 1. The lowest BCUT2D eigenvalue weighted by Gasteiger charge is -2.09. The summed E-state index contributed by atoms with van der Waals surface area (Å²) >= 11 is 0. The summed E-state index contributed by atoms with van der Waals surface area (Å²) in [6, 6.07) is 5.75. The number of carbonyl (C=O) groups excluding carboxylic acids is 1. The molecular formula is C14H18N4O. The highest BCUT2D eigenvalue weighted by Crippen LogP contribution is 2.16. The van der Waals surface area contributed by atoms with Gasteiger partial charge in [-0.05, 0) is 37.1 Å². The second-order valence-electron chi connectivity index (χ2n) is 4.40. The number of hydrogen-bond donors (Lipinski definition) is 3. The number of nitrogens with one attached hydrogen (secondary N) is 3. The molecule has 1 amide bonds. The van der Waals surface area contributed by atoms with Crippen molar-refractivity contribution in [3.63, 3.8) is 0 Å². The number of anilines is 2. The predicted octanol–water partition coefficient (Wildman–Crippen LogP) is 2.79. The van der Waals surface area contributed by atoms with E-state index in [2.05, 4.69) is 27.8 Å². The van der Waals surface area contributed by atoms with Crippen LogP contribution in [0.25, 0.3) is 0 Å². The van der Waals surface area contributed by atoms with Gasteiger partial charge >= 0.3 is 0 Å². The van der Waals surface area contributed by atoms with Crippen molar-refractivity contribution >= 4 is 17.3 Å². The number of aromatic nitrogens is 2. The molecular weight excluding hydrogens is 240 g/mol. The molecule has 2 rings (SSSR count). The Morgan fingerprint density at radius 3 is 2.84 bits per heavy atom. The SMILES string of the molecule is CCCNc1ccc(C(=O)Nc2cn[nH]c2)c(C)c1. The van der Waals surface area contributed by atoms with E-state index in [1.165, 1.54) is 0 Å². The first-order chi connectivity index (χ1) is 9.20.